The van der Waals surface area contributed by atoms with Crippen LogP contribution in [0.2, 0.25) is 0 Å². The molecule has 0 bridgehead atoms. The highest BCUT2D eigenvalue weighted by molar-refractivity contribution is 4.94. The van der Waals surface area contributed by atoms with Crippen LogP contribution < -0.4 is 5.73 Å². The Bertz CT molecular complexity index is 146. The minimum atomic E-state index is -0.905. The largest absolute Gasteiger partial charge is 0.385 e. The number of nitrogens with two attached hydrogens (primary N) is 1. The van der Waals surface area contributed by atoms with Crippen LogP contribution in [0.25, 0.3) is 0 Å². The Labute approximate surface area is 81.3 Å². The quantitative estimate of drug-likeness (QED) is 0.624. The van der Waals surface area contributed by atoms with Gasteiger partial charge in [0, 0.05) is 6.61 Å². The fourth-order valence-corrected chi connectivity index (χ4v) is 1.67. The fourth-order valence-electron chi connectivity index (χ4n) is 1.67. The van der Waals surface area contributed by atoms with Crippen molar-refractivity contribution in [1.29, 1.82) is 0 Å². The van der Waals surface area contributed by atoms with Gasteiger partial charge in [-0.2, -0.15) is 0 Å². The molecule has 0 heterocycles. The van der Waals surface area contributed by atoms with E-state index < -0.39 is 11.3 Å². The van der Waals surface area contributed by atoms with Gasteiger partial charge in [-0.3, -0.25) is 0 Å². The molecule has 3 N–H and O–H groups in total. The van der Waals surface area contributed by atoms with Gasteiger partial charge in [-0.15, -0.1) is 0 Å². The summed E-state index contributed by atoms with van der Waals surface area (Å²) in [5, 5.41) is 10.2. The fraction of sp³-hybridized carbons (Fsp3) is 1.00. The van der Waals surface area contributed by atoms with Gasteiger partial charge in [-0.05, 0) is 26.2 Å². The predicted molar refractivity (Wildman–Crippen MR) is 54.4 cm³/mol. The molecule has 0 rings (SSSR count). The standard InChI is InChI=1S/C10H23NO2/c1-5-9(12,6-2)10(11,7-3)13-8-4/h12H,5-8,11H2,1-4H3. The van der Waals surface area contributed by atoms with Crippen LogP contribution in [0.1, 0.15) is 47.0 Å². The van der Waals surface area contributed by atoms with Gasteiger partial charge < -0.3 is 15.6 Å². The molecule has 13 heavy (non-hydrogen) atoms. The summed E-state index contributed by atoms with van der Waals surface area (Å²) in [6, 6.07) is 0. The third-order valence-electron chi connectivity index (χ3n) is 2.88. The van der Waals surface area contributed by atoms with Gasteiger partial charge in [0.25, 0.3) is 0 Å². The Balaban J connectivity index is 4.68. The molecule has 0 saturated carbocycles. The summed E-state index contributed by atoms with van der Waals surface area (Å²) < 4.78 is 5.45. The molecule has 0 saturated heterocycles. The van der Waals surface area contributed by atoms with Crippen LogP contribution in [0.5, 0.6) is 0 Å². The van der Waals surface area contributed by atoms with Gasteiger partial charge in [0.1, 0.15) is 11.3 Å². The zero-order valence-electron chi connectivity index (χ0n) is 9.26. The van der Waals surface area contributed by atoms with Crippen LogP contribution >= 0.6 is 0 Å². The molecule has 0 aromatic rings. The second kappa shape index (κ2) is 4.94. The van der Waals surface area contributed by atoms with Gasteiger partial charge in [-0.25, -0.2) is 0 Å². The first-order valence-corrected chi connectivity index (χ1v) is 5.14. The highest BCUT2D eigenvalue weighted by Crippen LogP contribution is 2.30. The number of aliphatic hydroxyl groups is 1. The van der Waals surface area contributed by atoms with E-state index in [4.69, 9.17) is 10.5 Å². The Morgan fingerprint density at radius 2 is 1.54 bits per heavy atom. The van der Waals surface area contributed by atoms with Crippen molar-refractivity contribution in [1.82, 2.24) is 0 Å². The highest BCUT2D eigenvalue weighted by Gasteiger charge is 2.44. The minimum Gasteiger partial charge on any atom is -0.385 e. The summed E-state index contributed by atoms with van der Waals surface area (Å²) in [6.45, 7) is 8.22. The molecule has 0 aliphatic heterocycles. The predicted octanol–water partition coefficient (Wildman–Crippen LogP) is 1.64. The maximum atomic E-state index is 10.2. The van der Waals surface area contributed by atoms with E-state index in [1.165, 1.54) is 0 Å². The SMILES string of the molecule is CCOC(N)(CC)C(O)(CC)CC. The van der Waals surface area contributed by atoms with Crippen molar-refractivity contribution in [3.63, 3.8) is 0 Å². The lowest BCUT2D eigenvalue weighted by Crippen LogP contribution is -2.61. The van der Waals surface area contributed by atoms with E-state index in [1.807, 2.05) is 27.7 Å². The molecule has 80 valence electrons. The lowest BCUT2D eigenvalue weighted by molar-refractivity contribution is -0.184. The van der Waals surface area contributed by atoms with Crippen LogP contribution in [-0.2, 0) is 4.74 Å². The monoisotopic (exact) mass is 189 g/mol. The third kappa shape index (κ3) is 2.42. The van der Waals surface area contributed by atoms with E-state index in [-0.39, 0.29) is 0 Å². The molecule has 0 spiro atoms. The van der Waals surface area contributed by atoms with Crippen LogP contribution in [0.3, 0.4) is 0 Å². The zero-order valence-corrected chi connectivity index (χ0v) is 9.26. The summed E-state index contributed by atoms with van der Waals surface area (Å²) in [5.74, 6) is 0. The third-order valence-corrected chi connectivity index (χ3v) is 2.88. The summed E-state index contributed by atoms with van der Waals surface area (Å²) in [6.07, 6.45) is 1.86. The maximum Gasteiger partial charge on any atom is 0.145 e. The summed E-state index contributed by atoms with van der Waals surface area (Å²) in [4.78, 5) is 0. The lowest BCUT2D eigenvalue weighted by atomic mass is 9.84. The van der Waals surface area contributed by atoms with Crippen molar-refractivity contribution in [2.75, 3.05) is 6.61 Å². The van der Waals surface area contributed by atoms with E-state index in [1.54, 1.807) is 0 Å². The smallest absolute Gasteiger partial charge is 0.145 e. The highest BCUT2D eigenvalue weighted by atomic mass is 16.5. The van der Waals surface area contributed by atoms with E-state index in [2.05, 4.69) is 0 Å². The number of ether oxygens (including phenoxy) is 1. The van der Waals surface area contributed by atoms with Gasteiger partial charge in [-0.1, -0.05) is 20.8 Å². The molecule has 0 aliphatic carbocycles. The van der Waals surface area contributed by atoms with E-state index in [0.29, 0.717) is 25.9 Å². The van der Waals surface area contributed by atoms with E-state index in [0.717, 1.165) is 0 Å². The van der Waals surface area contributed by atoms with Crippen LogP contribution in [-0.4, -0.2) is 23.0 Å². The normalized spacial score (nSPS) is 17.1. The Morgan fingerprint density at radius 3 is 1.77 bits per heavy atom. The molecule has 0 radical (unpaired) electrons. The average molecular weight is 189 g/mol. The lowest BCUT2D eigenvalue weighted by Gasteiger charge is -2.43. The van der Waals surface area contributed by atoms with Gasteiger partial charge in [0.2, 0.25) is 0 Å². The minimum absolute atomic E-state index is 0.534. The molecular weight excluding hydrogens is 166 g/mol. The maximum absolute atomic E-state index is 10.2. The molecule has 0 aromatic heterocycles. The number of hydrogen-bond donors (Lipinski definition) is 2. The van der Waals surface area contributed by atoms with Crippen molar-refractivity contribution in [3.05, 3.63) is 0 Å². The van der Waals surface area contributed by atoms with Gasteiger partial charge >= 0.3 is 0 Å². The van der Waals surface area contributed by atoms with Gasteiger partial charge in [0.05, 0.1) is 0 Å². The molecule has 3 nitrogen and oxygen atoms in total. The Kier molecular flexibility index (Phi) is 4.89. The second-order valence-corrected chi connectivity index (χ2v) is 3.41. The Hall–Kier alpha value is -0.120. The van der Waals surface area contributed by atoms with Crippen molar-refractivity contribution in [2.45, 2.75) is 58.3 Å². The van der Waals surface area contributed by atoms with Crippen molar-refractivity contribution in [3.8, 4) is 0 Å². The molecule has 1 unspecified atom stereocenters. The molecule has 3 heteroatoms. The summed E-state index contributed by atoms with van der Waals surface area (Å²) in [7, 11) is 0. The molecule has 0 aliphatic rings. The van der Waals surface area contributed by atoms with Crippen LogP contribution in [0.4, 0.5) is 0 Å². The first-order chi connectivity index (χ1) is 5.99. The first kappa shape index (κ1) is 12.9. The first-order valence-electron chi connectivity index (χ1n) is 5.14. The molecule has 0 aromatic carbocycles. The molecule has 1 atom stereocenters. The topological polar surface area (TPSA) is 55.5 Å². The van der Waals surface area contributed by atoms with E-state index >= 15 is 0 Å². The Morgan fingerprint density at radius 1 is 1.08 bits per heavy atom. The average Bonchev–Trinajstić information content (AvgIpc) is 2.16. The van der Waals surface area contributed by atoms with Crippen molar-refractivity contribution in [2.24, 2.45) is 5.73 Å². The molecule has 0 fully saturated rings. The zero-order chi connectivity index (χ0) is 10.5. The number of hydrogen-bond acceptors (Lipinski definition) is 3. The van der Waals surface area contributed by atoms with Crippen LogP contribution in [0, 0.1) is 0 Å². The second-order valence-electron chi connectivity index (χ2n) is 3.41. The van der Waals surface area contributed by atoms with Gasteiger partial charge in [0.15, 0.2) is 0 Å². The van der Waals surface area contributed by atoms with E-state index in [9.17, 15) is 5.11 Å². The van der Waals surface area contributed by atoms with Crippen LogP contribution in [0.15, 0.2) is 0 Å². The van der Waals surface area contributed by atoms with Crippen molar-refractivity contribution < 1.29 is 9.84 Å². The number of rotatable bonds is 6. The molecular formula is C10H23NO2. The summed E-state index contributed by atoms with van der Waals surface area (Å²) >= 11 is 0. The van der Waals surface area contributed by atoms with Crippen molar-refractivity contribution >= 4 is 0 Å². The summed E-state index contributed by atoms with van der Waals surface area (Å²) in [5.41, 5.74) is 4.23. The molecule has 0 amide bonds.